The minimum Gasteiger partial charge on any atom is -0.491 e. The number of nitrogens with zero attached hydrogens (tertiary/aromatic N) is 1. The van der Waals surface area contributed by atoms with Gasteiger partial charge in [-0.1, -0.05) is 35.9 Å². The summed E-state index contributed by atoms with van der Waals surface area (Å²) in [6.45, 7) is 3.24. The first-order valence-corrected chi connectivity index (χ1v) is 15.6. The maximum Gasteiger partial charge on any atom is 0.416 e. The second kappa shape index (κ2) is 12.5. The largest absolute Gasteiger partial charge is 0.491 e. The first kappa shape index (κ1) is 30.1. The average Bonchev–Trinajstić information content (AvgIpc) is 3.33. The lowest BCUT2D eigenvalue weighted by Crippen LogP contribution is -2.43. The smallest absolute Gasteiger partial charge is 0.416 e. The summed E-state index contributed by atoms with van der Waals surface area (Å²) < 4.78 is 50.9. The fraction of sp³-hybridized carbons (Fsp3) is 0.367. The molecule has 42 heavy (non-hydrogen) atoms. The van der Waals surface area contributed by atoms with Crippen LogP contribution in [0.15, 0.2) is 83.1 Å². The molecule has 3 aliphatic rings. The number of halogens is 2. The number of amides is 1. The van der Waals surface area contributed by atoms with Crippen LogP contribution in [-0.2, 0) is 10.0 Å². The van der Waals surface area contributed by atoms with Crippen LogP contribution in [0.25, 0.3) is 0 Å². The third kappa shape index (κ3) is 6.64. The van der Waals surface area contributed by atoms with Gasteiger partial charge in [-0.3, -0.25) is 4.90 Å². The van der Waals surface area contributed by atoms with Gasteiger partial charge in [0.2, 0.25) is 10.0 Å². The van der Waals surface area contributed by atoms with E-state index in [0.29, 0.717) is 23.7 Å². The molecule has 1 aliphatic carbocycles. The van der Waals surface area contributed by atoms with E-state index in [0.717, 1.165) is 11.3 Å². The molecule has 0 aromatic heterocycles. The molecule has 1 amide bonds. The van der Waals surface area contributed by atoms with E-state index in [1.54, 1.807) is 30.9 Å². The van der Waals surface area contributed by atoms with E-state index in [1.165, 1.54) is 29.8 Å². The summed E-state index contributed by atoms with van der Waals surface area (Å²) in [4.78, 5) is 15.1. The number of carbonyl (C=O) groups excluding carboxylic acids is 1. The van der Waals surface area contributed by atoms with E-state index < -0.39 is 39.3 Å². The molecule has 5 rings (SSSR count). The molecule has 0 fully saturated rings. The highest BCUT2D eigenvalue weighted by atomic mass is 35.5. The van der Waals surface area contributed by atoms with Crippen LogP contribution in [0, 0.1) is 11.7 Å². The molecule has 0 bridgehead atoms. The Morgan fingerprint density at radius 3 is 2.55 bits per heavy atom. The molecule has 2 aromatic carbocycles. The van der Waals surface area contributed by atoms with Gasteiger partial charge >= 0.3 is 6.09 Å². The van der Waals surface area contributed by atoms with E-state index >= 15 is 0 Å². The molecule has 4 unspecified atom stereocenters. The van der Waals surface area contributed by atoms with E-state index in [9.17, 15) is 22.7 Å². The van der Waals surface area contributed by atoms with Gasteiger partial charge in [0.05, 0.1) is 11.3 Å². The quantitative estimate of drug-likeness (QED) is 0.382. The fourth-order valence-corrected chi connectivity index (χ4v) is 6.18. The van der Waals surface area contributed by atoms with Crippen molar-refractivity contribution in [3.63, 3.8) is 0 Å². The van der Waals surface area contributed by atoms with Crippen molar-refractivity contribution in [1.29, 1.82) is 0 Å². The van der Waals surface area contributed by atoms with Crippen LogP contribution in [-0.4, -0.2) is 61.6 Å². The molecule has 0 spiro atoms. The monoisotopic (exact) mass is 617 g/mol. The number of nitrogens with one attached hydrogen (secondary N) is 2. The molecule has 2 heterocycles. The minimum atomic E-state index is -3.50. The van der Waals surface area contributed by atoms with Crippen molar-refractivity contribution in [2.45, 2.75) is 43.7 Å². The maximum absolute atomic E-state index is 13.4. The van der Waals surface area contributed by atoms with Gasteiger partial charge < -0.3 is 19.9 Å². The van der Waals surface area contributed by atoms with Crippen LogP contribution in [0.3, 0.4) is 0 Å². The van der Waals surface area contributed by atoms with Crippen molar-refractivity contribution in [2.24, 2.45) is 5.92 Å². The molecule has 0 saturated heterocycles. The number of carbonyl (C=O) groups is 1. The Hall–Kier alpha value is -3.38. The highest BCUT2D eigenvalue weighted by molar-refractivity contribution is 7.90. The summed E-state index contributed by atoms with van der Waals surface area (Å²) >= 11 is 6.32. The Bertz CT molecular complexity index is 1510. The lowest BCUT2D eigenvalue weighted by molar-refractivity contribution is 0.111. The Labute approximate surface area is 249 Å². The van der Waals surface area contributed by atoms with E-state index in [2.05, 4.69) is 10.0 Å². The van der Waals surface area contributed by atoms with E-state index in [1.807, 2.05) is 30.4 Å². The van der Waals surface area contributed by atoms with Crippen molar-refractivity contribution in [1.82, 2.24) is 14.9 Å². The molecule has 3 N–H and O–H groups in total. The van der Waals surface area contributed by atoms with Gasteiger partial charge in [0.25, 0.3) is 0 Å². The fourth-order valence-electron chi connectivity index (χ4n) is 5.22. The number of fused-ring (bicyclic) bond motifs is 2. The molecule has 4 atom stereocenters. The predicted molar refractivity (Wildman–Crippen MR) is 157 cm³/mol. The van der Waals surface area contributed by atoms with Gasteiger partial charge in [-0.15, -0.1) is 0 Å². The first-order valence-electron chi connectivity index (χ1n) is 13.7. The molecule has 12 heteroatoms. The lowest BCUT2D eigenvalue weighted by atomic mass is 9.85. The Morgan fingerprint density at radius 1 is 1.17 bits per heavy atom. The summed E-state index contributed by atoms with van der Waals surface area (Å²) in [5, 5.41) is 13.8. The zero-order valence-electron chi connectivity index (χ0n) is 23.2. The summed E-state index contributed by atoms with van der Waals surface area (Å²) in [6, 6.07) is 12.0. The van der Waals surface area contributed by atoms with Gasteiger partial charge in [-0.2, -0.15) is 0 Å². The Kier molecular flexibility index (Phi) is 8.93. The number of allylic oxidation sites excluding steroid dienone is 2. The van der Waals surface area contributed by atoms with Crippen LogP contribution in [0.1, 0.15) is 31.9 Å². The third-order valence-electron chi connectivity index (χ3n) is 7.50. The van der Waals surface area contributed by atoms with Crippen molar-refractivity contribution in [3.05, 3.63) is 94.4 Å². The number of aliphatic hydroxyl groups is 1. The first-order chi connectivity index (χ1) is 20.0. The minimum absolute atomic E-state index is 0.0188. The summed E-state index contributed by atoms with van der Waals surface area (Å²) in [5.41, 5.74) is 2.88. The topological polar surface area (TPSA) is 117 Å². The Balaban J connectivity index is 1.34. The molecular formula is C30H33ClFN3O6S. The molecule has 2 aromatic rings. The second-order valence-corrected chi connectivity index (χ2v) is 13.4. The van der Waals surface area contributed by atoms with Gasteiger partial charge in [-0.05, 0) is 73.9 Å². The highest BCUT2D eigenvalue weighted by Gasteiger charge is 2.43. The van der Waals surface area contributed by atoms with Crippen LogP contribution in [0.4, 0.5) is 9.18 Å². The number of aliphatic hydroxyl groups excluding tert-OH is 1. The summed E-state index contributed by atoms with van der Waals surface area (Å²) in [6.07, 6.45) is 4.93. The standard InChI is InChI=1S/C30H33ClFN3O6S/c1-18(2)42(38,39)33-16-22(36)17-40-23-8-3-19(4-9-23)29-28-25(26-15-20(31)5-12-27(26)34-28)13-14-35(29)30(37)41-24-10-6-21(32)7-11-24/h3-12,15,18,22,26-27,29,33-34,36H,13-14,16-17H2,1-2H3. The number of benzene rings is 2. The predicted octanol–water partition coefficient (Wildman–Crippen LogP) is 4.37. The SMILES string of the molecule is CC(C)S(=O)(=O)NCC(O)COc1ccc(C2C3=C(CCN2C(=O)Oc2ccc(F)cc2)C2C=C(Cl)C=CC2N3)cc1. The normalized spacial score (nSPS) is 22.3. The summed E-state index contributed by atoms with van der Waals surface area (Å²) in [7, 11) is -3.50. The highest BCUT2D eigenvalue weighted by Crippen LogP contribution is 2.45. The Morgan fingerprint density at radius 2 is 1.86 bits per heavy atom. The number of hydrogen-bond donors (Lipinski definition) is 3. The van der Waals surface area contributed by atoms with Crippen LogP contribution >= 0.6 is 11.6 Å². The second-order valence-electron chi connectivity index (χ2n) is 10.7. The zero-order chi connectivity index (χ0) is 30.0. The van der Waals surface area contributed by atoms with E-state index in [-0.39, 0.29) is 30.9 Å². The lowest BCUT2D eigenvalue weighted by Gasteiger charge is -2.37. The van der Waals surface area contributed by atoms with Crippen LogP contribution in [0.5, 0.6) is 11.5 Å². The van der Waals surface area contributed by atoms with Gasteiger partial charge in [0.1, 0.15) is 36.1 Å². The van der Waals surface area contributed by atoms with Crippen molar-refractivity contribution < 1.29 is 32.2 Å². The van der Waals surface area contributed by atoms with Gasteiger partial charge in [0, 0.05) is 29.7 Å². The molecule has 2 aliphatic heterocycles. The van der Waals surface area contributed by atoms with Gasteiger partial charge in [0.15, 0.2) is 0 Å². The molecule has 0 radical (unpaired) electrons. The molecule has 224 valence electrons. The summed E-state index contributed by atoms with van der Waals surface area (Å²) in [5.74, 6) is 0.362. The van der Waals surface area contributed by atoms with Crippen molar-refractivity contribution in [3.8, 4) is 11.5 Å². The molecule has 0 saturated carbocycles. The van der Waals surface area contributed by atoms with Crippen LogP contribution < -0.4 is 19.5 Å². The van der Waals surface area contributed by atoms with Crippen molar-refractivity contribution >= 4 is 27.7 Å². The average molecular weight is 618 g/mol. The number of hydrogen-bond acceptors (Lipinski definition) is 7. The third-order valence-corrected chi connectivity index (χ3v) is 9.56. The number of rotatable bonds is 9. The number of sulfonamides is 1. The maximum atomic E-state index is 13.4. The van der Waals surface area contributed by atoms with Gasteiger partial charge in [-0.25, -0.2) is 22.3 Å². The molecular weight excluding hydrogens is 585 g/mol. The van der Waals surface area contributed by atoms with Crippen LogP contribution in [0.2, 0.25) is 0 Å². The molecule has 9 nitrogen and oxygen atoms in total. The van der Waals surface area contributed by atoms with Crippen molar-refractivity contribution in [2.75, 3.05) is 19.7 Å². The van der Waals surface area contributed by atoms with E-state index in [4.69, 9.17) is 21.1 Å². The zero-order valence-corrected chi connectivity index (χ0v) is 24.7. The number of ether oxygens (including phenoxy) is 2.